The first-order chi connectivity index (χ1) is 12.1. The quantitative estimate of drug-likeness (QED) is 0.509. The third-order valence-electron chi connectivity index (χ3n) is 3.57. The topological polar surface area (TPSA) is 101 Å². The highest BCUT2D eigenvalue weighted by Gasteiger charge is 2.10. The molecule has 0 unspecified atom stereocenters. The molecule has 130 valence electrons. The molecule has 0 saturated heterocycles. The number of benzene rings is 2. The van der Waals surface area contributed by atoms with E-state index in [1.54, 1.807) is 36.4 Å². The summed E-state index contributed by atoms with van der Waals surface area (Å²) in [6.07, 6.45) is 1.63. The summed E-state index contributed by atoms with van der Waals surface area (Å²) in [5.41, 5.74) is 6.67. The maximum absolute atomic E-state index is 12.4. The molecule has 0 aliphatic heterocycles. The Labute approximate surface area is 146 Å². The van der Waals surface area contributed by atoms with E-state index in [9.17, 15) is 14.4 Å². The summed E-state index contributed by atoms with van der Waals surface area (Å²) in [6, 6.07) is 15.3. The summed E-state index contributed by atoms with van der Waals surface area (Å²) in [7, 11) is 0. The molecule has 3 amide bonds. The Morgan fingerprint density at radius 1 is 0.880 bits per heavy atom. The second-order valence-electron chi connectivity index (χ2n) is 5.57. The number of amides is 3. The molecule has 0 aliphatic rings. The van der Waals surface area contributed by atoms with Crippen molar-refractivity contribution in [2.75, 3.05) is 11.9 Å². The molecule has 2 aromatic rings. The Morgan fingerprint density at radius 2 is 1.60 bits per heavy atom. The van der Waals surface area contributed by atoms with Gasteiger partial charge >= 0.3 is 6.03 Å². The molecule has 0 bridgehead atoms. The lowest BCUT2D eigenvalue weighted by Gasteiger charge is -2.07. The van der Waals surface area contributed by atoms with Crippen molar-refractivity contribution in [2.45, 2.75) is 19.3 Å². The lowest BCUT2D eigenvalue weighted by atomic mass is 10.0. The van der Waals surface area contributed by atoms with Gasteiger partial charge in [0, 0.05) is 29.8 Å². The van der Waals surface area contributed by atoms with Gasteiger partial charge in [0.05, 0.1) is 0 Å². The van der Waals surface area contributed by atoms with Gasteiger partial charge in [-0.05, 0) is 25.0 Å². The first-order valence-corrected chi connectivity index (χ1v) is 8.09. The summed E-state index contributed by atoms with van der Waals surface area (Å²) in [5.74, 6) is -0.224. The number of hydrogen-bond acceptors (Lipinski definition) is 3. The van der Waals surface area contributed by atoms with Gasteiger partial charge in [0.25, 0.3) is 0 Å². The molecule has 0 spiro atoms. The Bertz CT molecular complexity index is 745. The van der Waals surface area contributed by atoms with Crippen molar-refractivity contribution >= 4 is 23.4 Å². The highest BCUT2D eigenvalue weighted by Crippen LogP contribution is 2.15. The molecule has 4 N–H and O–H groups in total. The summed E-state index contributed by atoms with van der Waals surface area (Å²) in [5, 5.41) is 5.26. The van der Waals surface area contributed by atoms with Gasteiger partial charge in [0.15, 0.2) is 5.78 Å². The predicted molar refractivity (Wildman–Crippen MR) is 96.4 cm³/mol. The Morgan fingerprint density at radius 3 is 2.32 bits per heavy atom. The number of carbonyl (C=O) groups excluding carboxylic acids is 3. The molecule has 0 aliphatic carbocycles. The Balaban J connectivity index is 1.87. The van der Waals surface area contributed by atoms with Gasteiger partial charge in [0.1, 0.15) is 0 Å². The van der Waals surface area contributed by atoms with Crippen LogP contribution in [0.15, 0.2) is 54.6 Å². The van der Waals surface area contributed by atoms with Gasteiger partial charge in [-0.3, -0.25) is 9.59 Å². The Hall–Kier alpha value is -3.15. The molecular formula is C19H21N3O3. The van der Waals surface area contributed by atoms with Crippen LogP contribution >= 0.6 is 0 Å². The van der Waals surface area contributed by atoms with Crippen molar-refractivity contribution in [3.05, 3.63) is 65.7 Å². The van der Waals surface area contributed by atoms with E-state index in [0.29, 0.717) is 42.6 Å². The van der Waals surface area contributed by atoms with Crippen LogP contribution in [0.1, 0.15) is 35.2 Å². The molecule has 0 radical (unpaired) electrons. The maximum Gasteiger partial charge on any atom is 0.312 e. The van der Waals surface area contributed by atoms with Crippen molar-refractivity contribution in [3.63, 3.8) is 0 Å². The zero-order valence-corrected chi connectivity index (χ0v) is 13.8. The fourth-order valence-electron chi connectivity index (χ4n) is 2.34. The van der Waals surface area contributed by atoms with Gasteiger partial charge in [-0.1, -0.05) is 42.5 Å². The van der Waals surface area contributed by atoms with E-state index in [0.717, 1.165) is 0 Å². The molecule has 6 heteroatoms. The van der Waals surface area contributed by atoms with Crippen LogP contribution in [-0.2, 0) is 4.79 Å². The van der Waals surface area contributed by atoms with E-state index in [1.165, 1.54) is 0 Å². The minimum absolute atomic E-state index is 0.0887. The molecule has 25 heavy (non-hydrogen) atoms. The molecular weight excluding hydrogens is 318 g/mol. The van der Waals surface area contributed by atoms with Crippen LogP contribution in [0.4, 0.5) is 10.5 Å². The summed E-state index contributed by atoms with van der Waals surface area (Å²) in [6.45, 7) is 0.448. The average Bonchev–Trinajstić information content (AvgIpc) is 2.61. The van der Waals surface area contributed by atoms with E-state index >= 15 is 0 Å². The average molecular weight is 339 g/mol. The number of ketones is 1. The predicted octanol–water partition coefficient (Wildman–Crippen LogP) is 2.69. The van der Waals surface area contributed by atoms with Crippen molar-refractivity contribution < 1.29 is 14.4 Å². The number of anilines is 1. The van der Waals surface area contributed by atoms with Crippen LogP contribution in [0.25, 0.3) is 0 Å². The number of urea groups is 1. The molecule has 2 aromatic carbocycles. The minimum atomic E-state index is -0.565. The zero-order valence-electron chi connectivity index (χ0n) is 13.8. The third kappa shape index (κ3) is 6.10. The van der Waals surface area contributed by atoms with E-state index < -0.39 is 6.03 Å². The fourth-order valence-corrected chi connectivity index (χ4v) is 2.34. The lowest BCUT2D eigenvalue weighted by molar-refractivity contribution is -0.116. The summed E-state index contributed by atoms with van der Waals surface area (Å²) in [4.78, 5) is 34.9. The van der Waals surface area contributed by atoms with Gasteiger partial charge in [-0.25, -0.2) is 4.79 Å². The zero-order chi connectivity index (χ0) is 18.1. The van der Waals surface area contributed by atoms with Crippen molar-refractivity contribution in [3.8, 4) is 0 Å². The van der Waals surface area contributed by atoms with Crippen LogP contribution in [-0.4, -0.2) is 24.3 Å². The monoisotopic (exact) mass is 339 g/mol. The van der Waals surface area contributed by atoms with E-state index in [-0.39, 0.29) is 11.7 Å². The molecule has 0 aromatic heterocycles. The van der Waals surface area contributed by atoms with E-state index in [2.05, 4.69) is 10.6 Å². The van der Waals surface area contributed by atoms with Crippen molar-refractivity contribution in [2.24, 2.45) is 5.73 Å². The molecule has 0 heterocycles. The second kappa shape index (κ2) is 9.22. The van der Waals surface area contributed by atoms with E-state index in [1.807, 2.05) is 18.2 Å². The summed E-state index contributed by atoms with van der Waals surface area (Å²) >= 11 is 0. The number of unbranched alkanes of at least 4 members (excludes halogenated alkanes) is 1. The summed E-state index contributed by atoms with van der Waals surface area (Å²) < 4.78 is 0. The number of carbonyl (C=O) groups is 3. The van der Waals surface area contributed by atoms with Gasteiger partial charge in [0.2, 0.25) is 5.91 Å². The second-order valence-corrected chi connectivity index (χ2v) is 5.57. The standard InChI is InChI=1S/C19H21N3O3/c20-19(25)21-12-5-4-11-17(23)22-16-10-6-9-15(13-16)18(24)14-7-2-1-3-8-14/h1-3,6-10,13H,4-5,11-12H2,(H,22,23)(H3,20,21,25). The van der Waals surface area contributed by atoms with Crippen molar-refractivity contribution in [1.29, 1.82) is 0 Å². The van der Waals surface area contributed by atoms with Crippen LogP contribution in [0, 0.1) is 0 Å². The number of rotatable bonds is 8. The largest absolute Gasteiger partial charge is 0.352 e. The van der Waals surface area contributed by atoms with Crippen LogP contribution in [0.5, 0.6) is 0 Å². The number of nitrogens with two attached hydrogens (primary N) is 1. The molecule has 0 fully saturated rings. The molecule has 6 nitrogen and oxygen atoms in total. The minimum Gasteiger partial charge on any atom is -0.352 e. The highest BCUT2D eigenvalue weighted by molar-refractivity contribution is 6.09. The first-order valence-electron chi connectivity index (χ1n) is 8.09. The SMILES string of the molecule is NC(=O)NCCCCC(=O)Nc1cccc(C(=O)c2ccccc2)c1. The van der Waals surface area contributed by atoms with Gasteiger partial charge in [-0.15, -0.1) is 0 Å². The maximum atomic E-state index is 12.4. The van der Waals surface area contributed by atoms with Crippen LogP contribution in [0.2, 0.25) is 0 Å². The molecule has 0 atom stereocenters. The molecule has 0 saturated carbocycles. The smallest absolute Gasteiger partial charge is 0.312 e. The van der Waals surface area contributed by atoms with Crippen molar-refractivity contribution in [1.82, 2.24) is 5.32 Å². The fraction of sp³-hybridized carbons (Fsp3) is 0.211. The lowest BCUT2D eigenvalue weighted by Crippen LogP contribution is -2.30. The molecule has 2 rings (SSSR count). The van der Waals surface area contributed by atoms with E-state index in [4.69, 9.17) is 5.73 Å². The highest BCUT2D eigenvalue weighted by atomic mass is 16.2. The third-order valence-corrected chi connectivity index (χ3v) is 3.57. The first kappa shape index (κ1) is 18.2. The number of nitrogens with one attached hydrogen (secondary N) is 2. The van der Waals surface area contributed by atoms with Gasteiger partial charge < -0.3 is 16.4 Å². The van der Waals surface area contributed by atoms with Crippen LogP contribution in [0.3, 0.4) is 0 Å². The Kier molecular flexibility index (Phi) is 6.71. The number of hydrogen-bond donors (Lipinski definition) is 3. The number of primary amides is 1. The van der Waals surface area contributed by atoms with Crippen LogP contribution < -0.4 is 16.4 Å². The van der Waals surface area contributed by atoms with Gasteiger partial charge in [-0.2, -0.15) is 0 Å². The normalized spacial score (nSPS) is 10.1.